The minimum Gasteiger partial charge on any atom is -0.376 e. The van der Waals surface area contributed by atoms with Crippen LogP contribution in [-0.2, 0) is 0 Å². The molecular formula is C12H18N2S. The highest BCUT2D eigenvalue weighted by atomic mass is 32.1. The monoisotopic (exact) mass is 222 g/mol. The van der Waals surface area contributed by atoms with Gasteiger partial charge in [0.25, 0.3) is 0 Å². The van der Waals surface area contributed by atoms with E-state index in [9.17, 15) is 0 Å². The molecule has 0 bridgehead atoms. The minimum atomic E-state index is -0.0961. The van der Waals surface area contributed by atoms with E-state index in [0.717, 1.165) is 5.69 Å². The number of rotatable bonds is 1. The first-order valence-electron chi connectivity index (χ1n) is 4.98. The molecule has 0 amide bonds. The molecular weight excluding hydrogens is 204 g/mol. The number of hydrogen-bond donors (Lipinski definition) is 1. The topological polar surface area (TPSA) is 29.3 Å². The lowest BCUT2D eigenvalue weighted by molar-refractivity contribution is 0.572. The van der Waals surface area contributed by atoms with Gasteiger partial charge in [0, 0.05) is 11.2 Å². The summed E-state index contributed by atoms with van der Waals surface area (Å²) in [5.41, 5.74) is 7.93. The van der Waals surface area contributed by atoms with Gasteiger partial charge < -0.3 is 10.6 Å². The number of thiocarbonyl (C=S) groups is 1. The van der Waals surface area contributed by atoms with Crippen molar-refractivity contribution in [3.05, 3.63) is 29.8 Å². The molecule has 0 spiro atoms. The Kier molecular flexibility index (Phi) is 3.35. The third-order valence-corrected chi connectivity index (χ3v) is 2.37. The molecule has 0 aliphatic rings. The van der Waals surface area contributed by atoms with E-state index in [0.29, 0.717) is 5.11 Å². The summed E-state index contributed by atoms with van der Waals surface area (Å²) >= 11 is 5.08. The average Bonchev–Trinajstić information content (AvgIpc) is 2.05. The molecule has 0 saturated carbocycles. The lowest BCUT2D eigenvalue weighted by Gasteiger charge is -2.36. The van der Waals surface area contributed by atoms with Gasteiger partial charge in [0.2, 0.25) is 0 Å². The van der Waals surface area contributed by atoms with Gasteiger partial charge in [-0.05, 0) is 52.0 Å². The maximum absolute atomic E-state index is 5.75. The molecule has 3 heteroatoms. The zero-order chi connectivity index (χ0) is 11.6. The Morgan fingerprint density at radius 1 is 1.20 bits per heavy atom. The summed E-state index contributed by atoms with van der Waals surface area (Å²) in [6.07, 6.45) is 0. The molecule has 15 heavy (non-hydrogen) atoms. The number of aryl methyl sites for hydroxylation is 1. The molecule has 2 N–H and O–H groups in total. The van der Waals surface area contributed by atoms with E-state index in [2.05, 4.69) is 39.8 Å². The molecule has 1 aromatic carbocycles. The third-order valence-electron chi connectivity index (χ3n) is 2.18. The summed E-state index contributed by atoms with van der Waals surface area (Å²) in [7, 11) is 0. The second-order valence-corrected chi connectivity index (χ2v) is 5.10. The van der Waals surface area contributed by atoms with E-state index in [-0.39, 0.29) is 5.54 Å². The van der Waals surface area contributed by atoms with Crippen LogP contribution in [0.25, 0.3) is 0 Å². The van der Waals surface area contributed by atoms with Gasteiger partial charge in [-0.25, -0.2) is 0 Å². The second kappa shape index (κ2) is 4.19. The highest BCUT2D eigenvalue weighted by Gasteiger charge is 2.23. The molecule has 0 heterocycles. The molecule has 2 nitrogen and oxygen atoms in total. The fourth-order valence-electron chi connectivity index (χ4n) is 1.54. The normalized spacial score (nSPS) is 11.2. The smallest absolute Gasteiger partial charge is 0.171 e. The first kappa shape index (κ1) is 12.0. The van der Waals surface area contributed by atoms with Gasteiger partial charge in [0.15, 0.2) is 5.11 Å². The Bertz CT molecular complexity index is 349. The molecule has 0 radical (unpaired) electrons. The Labute approximate surface area is 97.1 Å². The number of anilines is 1. The van der Waals surface area contributed by atoms with Gasteiger partial charge in [-0.2, -0.15) is 0 Å². The van der Waals surface area contributed by atoms with Gasteiger partial charge in [-0.3, -0.25) is 0 Å². The van der Waals surface area contributed by atoms with Crippen molar-refractivity contribution >= 4 is 23.0 Å². The van der Waals surface area contributed by atoms with Gasteiger partial charge in [0.1, 0.15) is 0 Å². The van der Waals surface area contributed by atoms with Crippen molar-refractivity contribution in [2.45, 2.75) is 33.2 Å². The highest BCUT2D eigenvalue weighted by Crippen LogP contribution is 2.23. The Balaban J connectivity index is 3.11. The summed E-state index contributed by atoms with van der Waals surface area (Å²) in [6, 6.07) is 8.21. The van der Waals surface area contributed by atoms with Crippen LogP contribution >= 0.6 is 12.2 Å². The van der Waals surface area contributed by atoms with Crippen LogP contribution in [0.5, 0.6) is 0 Å². The van der Waals surface area contributed by atoms with Gasteiger partial charge in [-0.15, -0.1) is 0 Å². The van der Waals surface area contributed by atoms with Crippen LogP contribution in [0.15, 0.2) is 24.3 Å². The van der Waals surface area contributed by atoms with Crippen LogP contribution in [0, 0.1) is 6.92 Å². The lowest BCUT2D eigenvalue weighted by atomic mass is 10.1. The predicted molar refractivity (Wildman–Crippen MR) is 70.2 cm³/mol. The SMILES string of the molecule is Cc1ccc(N(C(N)=S)C(C)(C)C)cc1. The van der Waals surface area contributed by atoms with Crippen molar-refractivity contribution < 1.29 is 0 Å². The summed E-state index contributed by atoms with van der Waals surface area (Å²) in [5.74, 6) is 0. The van der Waals surface area contributed by atoms with E-state index in [4.69, 9.17) is 18.0 Å². The van der Waals surface area contributed by atoms with Crippen LogP contribution < -0.4 is 10.6 Å². The quantitative estimate of drug-likeness (QED) is 0.741. The summed E-state index contributed by atoms with van der Waals surface area (Å²) in [4.78, 5) is 1.96. The van der Waals surface area contributed by atoms with Crippen LogP contribution in [0.3, 0.4) is 0 Å². The minimum absolute atomic E-state index is 0.0961. The summed E-state index contributed by atoms with van der Waals surface area (Å²) in [6.45, 7) is 8.33. The number of hydrogen-bond acceptors (Lipinski definition) is 1. The van der Waals surface area contributed by atoms with Crippen molar-refractivity contribution in [2.75, 3.05) is 4.90 Å². The van der Waals surface area contributed by atoms with Gasteiger partial charge >= 0.3 is 0 Å². The van der Waals surface area contributed by atoms with E-state index in [1.807, 2.05) is 17.0 Å². The number of nitrogens with zero attached hydrogens (tertiary/aromatic N) is 1. The molecule has 0 aliphatic heterocycles. The summed E-state index contributed by atoms with van der Waals surface area (Å²) < 4.78 is 0. The van der Waals surface area contributed by atoms with Crippen LogP contribution in [0.4, 0.5) is 5.69 Å². The maximum Gasteiger partial charge on any atom is 0.171 e. The first-order valence-corrected chi connectivity index (χ1v) is 5.39. The number of benzene rings is 1. The first-order chi connectivity index (χ1) is 6.82. The van der Waals surface area contributed by atoms with Crippen molar-refractivity contribution in [3.8, 4) is 0 Å². The van der Waals surface area contributed by atoms with Crippen molar-refractivity contribution in [2.24, 2.45) is 5.73 Å². The van der Waals surface area contributed by atoms with Crippen molar-refractivity contribution in [1.29, 1.82) is 0 Å². The second-order valence-electron chi connectivity index (χ2n) is 4.68. The van der Waals surface area contributed by atoms with Gasteiger partial charge in [-0.1, -0.05) is 17.7 Å². The molecule has 1 aromatic rings. The summed E-state index contributed by atoms with van der Waals surface area (Å²) in [5, 5.41) is 0.409. The maximum atomic E-state index is 5.75. The molecule has 0 aromatic heterocycles. The number of nitrogens with two attached hydrogens (primary N) is 1. The van der Waals surface area contributed by atoms with E-state index < -0.39 is 0 Å². The lowest BCUT2D eigenvalue weighted by Crippen LogP contribution is -2.48. The molecule has 82 valence electrons. The highest BCUT2D eigenvalue weighted by molar-refractivity contribution is 7.80. The zero-order valence-corrected chi connectivity index (χ0v) is 10.6. The van der Waals surface area contributed by atoms with Crippen molar-refractivity contribution in [3.63, 3.8) is 0 Å². The molecule has 0 unspecified atom stereocenters. The largest absolute Gasteiger partial charge is 0.376 e. The standard InChI is InChI=1S/C12H18N2S/c1-9-5-7-10(8-6-9)14(11(13)15)12(2,3)4/h5-8H,1-4H3,(H2,13,15). The Morgan fingerprint density at radius 3 is 2.00 bits per heavy atom. The predicted octanol–water partition coefficient (Wildman–Crippen LogP) is 2.84. The van der Waals surface area contributed by atoms with Crippen LogP contribution in [0.1, 0.15) is 26.3 Å². The molecule has 0 fully saturated rings. The molecule has 0 aliphatic carbocycles. The van der Waals surface area contributed by atoms with Gasteiger partial charge in [0.05, 0.1) is 0 Å². The Morgan fingerprint density at radius 2 is 1.67 bits per heavy atom. The fraction of sp³-hybridized carbons (Fsp3) is 0.417. The Hall–Kier alpha value is -1.09. The zero-order valence-electron chi connectivity index (χ0n) is 9.74. The third kappa shape index (κ3) is 2.93. The fourth-order valence-corrected chi connectivity index (χ4v) is 1.92. The van der Waals surface area contributed by atoms with Crippen LogP contribution in [0.2, 0.25) is 0 Å². The van der Waals surface area contributed by atoms with E-state index >= 15 is 0 Å². The molecule has 0 atom stereocenters. The van der Waals surface area contributed by atoms with E-state index in [1.165, 1.54) is 5.56 Å². The molecule has 0 saturated heterocycles. The van der Waals surface area contributed by atoms with E-state index in [1.54, 1.807) is 0 Å². The molecule has 1 rings (SSSR count). The average molecular weight is 222 g/mol. The van der Waals surface area contributed by atoms with Crippen molar-refractivity contribution in [1.82, 2.24) is 0 Å². The van der Waals surface area contributed by atoms with Crippen LogP contribution in [-0.4, -0.2) is 10.7 Å².